The van der Waals surface area contributed by atoms with E-state index in [1.54, 1.807) is 6.07 Å². The Morgan fingerprint density at radius 2 is 1.63 bits per heavy atom. The standard InChI is InChI=1S/C29H31N3O10S/c1-17-23-21(13-14-40-28(35)42-15-18-9-11-20(12-10-18)31(36)37)26(33)30(23)24(25(17)43-29(2,3)4)27(34)41-16-19-7-5-6-8-22(19)32(38)39/h5-12,17,21,23H,13-16H2,1-4H3/t17?,21?,23-/m1/s1. The Hall–Kier alpha value is -4.46. The molecular weight excluding hydrogens is 582 g/mol. The number of nitrogens with zero attached hydrogens (tertiary/aromatic N) is 3. The van der Waals surface area contributed by atoms with Gasteiger partial charge in [0.25, 0.3) is 11.4 Å². The molecule has 1 saturated heterocycles. The highest BCUT2D eigenvalue weighted by Crippen LogP contribution is 2.53. The van der Waals surface area contributed by atoms with E-state index >= 15 is 0 Å². The highest BCUT2D eigenvalue weighted by molar-refractivity contribution is 8.04. The summed E-state index contributed by atoms with van der Waals surface area (Å²) in [6.07, 6.45) is -0.731. The number of esters is 1. The molecule has 0 radical (unpaired) electrons. The molecular formula is C29H31N3O10S. The number of hydrogen-bond donors (Lipinski definition) is 0. The van der Waals surface area contributed by atoms with Crippen LogP contribution in [0.25, 0.3) is 0 Å². The van der Waals surface area contributed by atoms with Crippen LogP contribution in [-0.2, 0) is 37.0 Å². The van der Waals surface area contributed by atoms with Crippen LogP contribution in [0.2, 0.25) is 0 Å². The van der Waals surface area contributed by atoms with Gasteiger partial charge in [0, 0.05) is 33.8 Å². The lowest BCUT2D eigenvalue weighted by Gasteiger charge is -2.45. The number of ether oxygens (including phenoxy) is 3. The summed E-state index contributed by atoms with van der Waals surface area (Å²) in [7, 11) is 0. The molecule has 43 heavy (non-hydrogen) atoms. The summed E-state index contributed by atoms with van der Waals surface area (Å²) >= 11 is 1.46. The first-order chi connectivity index (χ1) is 20.3. The number of carbonyl (C=O) groups excluding carboxylic acids is 3. The molecule has 2 aromatic rings. The normalized spacial score (nSPS) is 19.4. The van der Waals surface area contributed by atoms with Gasteiger partial charge in [-0.15, -0.1) is 11.8 Å². The molecule has 0 aromatic heterocycles. The number of non-ortho nitro benzene ring substituents is 1. The Kier molecular flexibility index (Phi) is 9.38. The van der Waals surface area contributed by atoms with Gasteiger partial charge in [0.2, 0.25) is 5.91 Å². The molecule has 0 spiro atoms. The van der Waals surface area contributed by atoms with E-state index in [1.165, 1.54) is 59.1 Å². The van der Waals surface area contributed by atoms with Gasteiger partial charge in [0.1, 0.15) is 18.9 Å². The third-order valence-electron chi connectivity index (χ3n) is 6.97. The number of carbonyl (C=O) groups is 3. The average molecular weight is 614 g/mol. The second kappa shape index (κ2) is 12.8. The molecule has 1 amide bonds. The van der Waals surface area contributed by atoms with Crippen molar-refractivity contribution in [3.8, 4) is 0 Å². The predicted molar refractivity (Wildman–Crippen MR) is 154 cm³/mol. The summed E-state index contributed by atoms with van der Waals surface area (Å²) < 4.78 is 15.4. The Morgan fingerprint density at radius 1 is 0.953 bits per heavy atom. The van der Waals surface area contributed by atoms with E-state index < -0.39 is 27.9 Å². The third kappa shape index (κ3) is 7.13. The summed E-state index contributed by atoms with van der Waals surface area (Å²) in [4.78, 5) is 61.9. The zero-order valence-electron chi connectivity index (χ0n) is 24.0. The van der Waals surface area contributed by atoms with Crippen molar-refractivity contribution in [2.45, 2.75) is 58.1 Å². The van der Waals surface area contributed by atoms with Crippen LogP contribution in [0.4, 0.5) is 16.2 Å². The second-order valence-corrected chi connectivity index (χ2v) is 13.0. The van der Waals surface area contributed by atoms with Crippen LogP contribution < -0.4 is 0 Å². The quantitative estimate of drug-likeness (QED) is 0.136. The van der Waals surface area contributed by atoms with Crippen molar-refractivity contribution < 1.29 is 38.4 Å². The number of nitro groups is 2. The van der Waals surface area contributed by atoms with Crippen molar-refractivity contribution in [3.63, 3.8) is 0 Å². The van der Waals surface area contributed by atoms with Gasteiger partial charge in [-0.05, 0) is 30.2 Å². The largest absolute Gasteiger partial charge is 0.508 e. The average Bonchev–Trinajstić information content (AvgIpc) is 3.20. The Morgan fingerprint density at radius 3 is 2.26 bits per heavy atom. The van der Waals surface area contributed by atoms with E-state index in [9.17, 15) is 34.6 Å². The maximum atomic E-state index is 13.4. The Labute approximate surface area is 251 Å². The number of hydrogen-bond acceptors (Lipinski definition) is 11. The highest BCUT2D eigenvalue weighted by Gasteiger charge is 2.59. The molecule has 2 aliphatic heterocycles. The summed E-state index contributed by atoms with van der Waals surface area (Å²) in [6.45, 7) is 7.32. The van der Waals surface area contributed by atoms with Gasteiger partial charge in [-0.1, -0.05) is 39.8 Å². The fourth-order valence-electron chi connectivity index (χ4n) is 5.04. The second-order valence-electron chi connectivity index (χ2n) is 11.1. The minimum Gasteiger partial charge on any atom is -0.456 e. The van der Waals surface area contributed by atoms with Crippen LogP contribution in [0, 0.1) is 32.1 Å². The summed E-state index contributed by atoms with van der Waals surface area (Å²) in [5.74, 6) is -1.75. The molecule has 0 aliphatic carbocycles. The minimum atomic E-state index is -0.942. The van der Waals surface area contributed by atoms with Crippen LogP contribution in [0.1, 0.15) is 45.2 Å². The monoisotopic (exact) mass is 613 g/mol. The van der Waals surface area contributed by atoms with Crippen molar-refractivity contribution in [1.82, 2.24) is 4.90 Å². The number of fused-ring (bicyclic) bond motifs is 1. The van der Waals surface area contributed by atoms with Gasteiger partial charge in [0.05, 0.1) is 34.0 Å². The topological polar surface area (TPSA) is 168 Å². The fraction of sp³-hybridized carbons (Fsp3) is 0.414. The van der Waals surface area contributed by atoms with Gasteiger partial charge >= 0.3 is 12.1 Å². The summed E-state index contributed by atoms with van der Waals surface area (Å²) in [5.41, 5.74) is 0.669. The van der Waals surface area contributed by atoms with Gasteiger partial charge in [0.15, 0.2) is 0 Å². The molecule has 0 saturated carbocycles. The number of thioether (sulfide) groups is 1. The van der Waals surface area contributed by atoms with Crippen LogP contribution in [-0.4, -0.2) is 50.2 Å². The number of nitro benzene ring substituents is 2. The van der Waals surface area contributed by atoms with E-state index in [-0.39, 0.29) is 71.5 Å². The van der Waals surface area contributed by atoms with Crippen molar-refractivity contribution in [1.29, 1.82) is 0 Å². The highest BCUT2D eigenvalue weighted by atomic mass is 32.2. The van der Waals surface area contributed by atoms with Crippen LogP contribution in [0.15, 0.2) is 59.1 Å². The van der Waals surface area contributed by atoms with Crippen molar-refractivity contribution in [3.05, 3.63) is 90.5 Å². The number of benzene rings is 2. The van der Waals surface area contributed by atoms with E-state index in [4.69, 9.17) is 14.2 Å². The molecule has 0 bridgehead atoms. The van der Waals surface area contributed by atoms with Gasteiger partial charge < -0.3 is 19.1 Å². The molecule has 0 N–H and O–H groups in total. The van der Waals surface area contributed by atoms with Crippen molar-refractivity contribution >= 4 is 41.2 Å². The van der Waals surface area contributed by atoms with Gasteiger partial charge in [-0.2, -0.15) is 0 Å². The van der Waals surface area contributed by atoms with Crippen molar-refractivity contribution in [2.75, 3.05) is 6.61 Å². The maximum Gasteiger partial charge on any atom is 0.508 e. The number of β-lactam (4-membered cyclic amide) rings is 1. The zero-order chi connectivity index (χ0) is 31.5. The van der Waals surface area contributed by atoms with E-state index in [2.05, 4.69) is 0 Å². The first kappa shape index (κ1) is 31.5. The smallest absolute Gasteiger partial charge is 0.456 e. The molecule has 2 aromatic carbocycles. The lowest BCUT2D eigenvalue weighted by atomic mass is 9.80. The van der Waals surface area contributed by atoms with Crippen LogP contribution in [0.5, 0.6) is 0 Å². The molecule has 3 atom stereocenters. The minimum absolute atomic E-state index is 0.0817. The summed E-state index contributed by atoms with van der Waals surface area (Å²) in [6, 6.07) is 11.2. The predicted octanol–water partition coefficient (Wildman–Crippen LogP) is 5.51. The van der Waals surface area contributed by atoms with Crippen LogP contribution >= 0.6 is 11.8 Å². The van der Waals surface area contributed by atoms with Gasteiger partial charge in [-0.3, -0.25) is 25.0 Å². The SMILES string of the molecule is CC1C(SC(C)(C)C)=C(C(=O)OCc2ccccc2[N+](=O)[O-])N2C(=O)C(CCOC(=O)OCc3ccc([N+](=O)[O-])cc3)[C@@H]12. The number of rotatable bonds is 11. The third-order valence-corrected chi connectivity index (χ3v) is 8.37. The first-order valence-corrected chi connectivity index (χ1v) is 14.3. The molecule has 228 valence electrons. The number of para-hydroxylation sites is 1. The lowest BCUT2D eigenvalue weighted by molar-refractivity contribution is -0.385. The van der Waals surface area contributed by atoms with E-state index in [0.29, 0.717) is 10.5 Å². The molecule has 4 rings (SSSR count). The zero-order valence-corrected chi connectivity index (χ0v) is 24.8. The number of amides is 1. The molecule has 1 fully saturated rings. The van der Waals surface area contributed by atoms with E-state index in [1.807, 2.05) is 27.7 Å². The fourth-order valence-corrected chi connectivity index (χ4v) is 6.31. The van der Waals surface area contributed by atoms with Crippen molar-refractivity contribution in [2.24, 2.45) is 11.8 Å². The Bertz CT molecular complexity index is 1470. The molecule has 2 unspecified atom stereocenters. The first-order valence-electron chi connectivity index (χ1n) is 13.5. The Balaban J connectivity index is 1.37. The van der Waals surface area contributed by atoms with Crippen LogP contribution in [0.3, 0.4) is 0 Å². The summed E-state index contributed by atoms with van der Waals surface area (Å²) in [5, 5.41) is 22.1. The molecule has 14 heteroatoms. The maximum absolute atomic E-state index is 13.4. The molecule has 2 aliphatic rings. The van der Waals surface area contributed by atoms with Gasteiger partial charge in [-0.25, -0.2) is 9.59 Å². The lowest BCUT2D eigenvalue weighted by Crippen LogP contribution is -2.60. The molecule has 13 nitrogen and oxygen atoms in total. The van der Waals surface area contributed by atoms with E-state index in [0.717, 1.165) is 0 Å². The molecule has 2 heterocycles.